The Kier molecular flexibility index (Phi) is 5.73. The summed E-state index contributed by atoms with van der Waals surface area (Å²) in [6.45, 7) is 0. The van der Waals surface area contributed by atoms with E-state index in [2.05, 4.69) is 37.7 Å². The van der Waals surface area contributed by atoms with Crippen LogP contribution in [0.25, 0.3) is 5.57 Å². The molecule has 0 aromatic carbocycles. The standard InChI is InChI=1S/C20H16N6O2/c1-22-20(28)17(11-23-12-27)18-9-16(19(10-21)26-25-18)15-8-13(15)5-6-14-4-2-3-7-24-14/h2-4,7,9,11-13,15H,8H2,1H3,(H,22,28)(H,23,27)/b17-11-. The van der Waals surface area contributed by atoms with Gasteiger partial charge in [0.15, 0.2) is 5.69 Å². The molecule has 2 heterocycles. The molecule has 2 aromatic heterocycles. The van der Waals surface area contributed by atoms with Gasteiger partial charge in [0, 0.05) is 31.3 Å². The van der Waals surface area contributed by atoms with Gasteiger partial charge in [0.25, 0.3) is 5.91 Å². The van der Waals surface area contributed by atoms with Crippen molar-refractivity contribution in [3.05, 3.63) is 59.3 Å². The molecule has 0 spiro atoms. The van der Waals surface area contributed by atoms with Gasteiger partial charge in [-0.3, -0.25) is 9.59 Å². The van der Waals surface area contributed by atoms with Gasteiger partial charge in [0.1, 0.15) is 17.5 Å². The summed E-state index contributed by atoms with van der Waals surface area (Å²) in [4.78, 5) is 26.8. The number of amides is 2. The SMILES string of the molecule is CNC(=O)/C(=C\NC=O)c1cc(C2CC2C#Cc2ccccn2)c(C#N)nn1. The Morgan fingerprint density at radius 2 is 2.21 bits per heavy atom. The predicted molar refractivity (Wildman–Crippen MR) is 100.0 cm³/mol. The number of hydrogen-bond acceptors (Lipinski definition) is 6. The van der Waals surface area contributed by atoms with E-state index >= 15 is 0 Å². The van der Waals surface area contributed by atoms with Gasteiger partial charge < -0.3 is 10.6 Å². The van der Waals surface area contributed by atoms with Crippen molar-refractivity contribution in [2.24, 2.45) is 5.92 Å². The van der Waals surface area contributed by atoms with Crippen molar-refractivity contribution in [2.75, 3.05) is 7.05 Å². The fourth-order valence-corrected chi connectivity index (χ4v) is 2.72. The average Bonchev–Trinajstić information content (AvgIpc) is 3.52. The topological polar surface area (TPSA) is 121 Å². The lowest BCUT2D eigenvalue weighted by Crippen LogP contribution is -2.22. The largest absolute Gasteiger partial charge is 0.355 e. The molecule has 1 fully saturated rings. The highest BCUT2D eigenvalue weighted by Crippen LogP contribution is 2.48. The second-order valence-corrected chi connectivity index (χ2v) is 6.00. The van der Waals surface area contributed by atoms with Gasteiger partial charge in [0.2, 0.25) is 6.41 Å². The summed E-state index contributed by atoms with van der Waals surface area (Å²) in [5.41, 5.74) is 1.99. The van der Waals surface area contributed by atoms with Gasteiger partial charge in [-0.2, -0.15) is 5.26 Å². The quantitative estimate of drug-likeness (QED) is 0.453. The van der Waals surface area contributed by atoms with E-state index in [1.54, 1.807) is 12.3 Å². The number of likely N-dealkylation sites (N-methyl/N-ethyl adjacent to an activating group) is 1. The first-order chi connectivity index (χ1) is 13.7. The van der Waals surface area contributed by atoms with Gasteiger partial charge in [-0.05, 0) is 36.1 Å². The van der Waals surface area contributed by atoms with Crippen LogP contribution in [0.4, 0.5) is 0 Å². The molecule has 138 valence electrons. The second kappa shape index (κ2) is 8.56. The molecule has 8 heteroatoms. The van der Waals surface area contributed by atoms with E-state index in [1.165, 1.54) is 13.2 Å². The third kappa shape index (κ3) is 4.19. The number of carbonyl (C=O) groups excluding carboxylic acids is 2. The molecule has 28 heavy (non-hydrogen) atoms. The summed E-state index contributed by atoms with van der Waals surface area (Å²) >= 11 is 0. The van der Waals surface area contributed by atoms with Gasteiger partial charge >= 0.3 is 0 Å². The minimum absolute atomic E-state index is 0.0325. The van der Waals surface area contributed by atoms with Crippen molar-refractivity contribution in [3.8, 4) is 17.9 Å². The maximum atomic E-state index is 12.1. The first kappa shape index (κ1) is 18.7. The minimum atomic E-state index is -0.429. The zero-order valence-corrected chi connectivity index (χ0v) is 15.0. The van der Waals surface area contributed by atoms with Crippen molar-refractivity contribution < 1.29 is 9.59 Å². The number of nitrogens with one attached hydrogen (secondary N) is 2. The molecule has 0 radical (unpaired) electrons. The zero-order chi connectivity index (χ0) is 19.9. The van der Waals surface area contributed by atoms with E-state index in [0.29, 0.717) is 17.7 Å². The van der Waals surface area contributed by atoms with Gasteiger partial charge in [0.05, 0.1) is 5.57 Å². The molecule has 2 N–H and O–H groups in total. The molecule has 3 rings (SSSR count). The second-order valence-electron chi connectivity index (χ2n) is 6.00. The number of pyridine rings is 1. The predicted octanol–water partition coefficient (Wildman–Crippen LogP) is 0.731. The molecule has 0 saturated heterocycles. The molecule has 0 aliphatic heterocycles. The summed E-state index contributed by atoms with van der Waals surface area (Å²) in [5.74, 6) is 5.88. The lowest BCUT2D eigenvalue weighted by molar-refractivity contribution is -0.115. The zero-order valence-electron chi connectivity index (χ0n) is 15.0. The molecule has 2 atom stereocenters. The molecule has 1 saturated carbocycles. The Bertz CT molecular complexity index is 1030. The van der Waals surface area contributed by atoms with Crippen LogP contribution in [0.5, 0.6) is 0 Å². The van der Waals surface area contributed by atoms with Crippen LogP contribution >= 0.6 is 0 Å². The van der Waals surface area contributed by atoms with Crippen molar-refractivity contribution in [1.29, 1.82) is 5.26 Å². The van der Waals surface area contributed by atoms with Crippen LogP contribution in [0.3, 0.4) is 0 Å². The van der Waals surface area contributed by atoms with E-state index in [-0.39, 0.29) is 28.8 Å². The van der Waals surface area contributed by atoms with Crippen LogP contribution in [0.1, 0.15) is 35.0 Å². The van der Waals surface area contributed by atoms with Crippen LogP contribution in [0.15, 0.2) is 36.7 Å². The Labute approximate surface area is 161 Å². The number of nitrogens with zero attached hydrogens (tertiary/aromatic N) is 4. The number of rotatable bonds is 5. The van der Waals surface area contributed by atoms with Gasteiger partial charge in [-0.15, -0.1) is 10.2 Å². The highest BCUT2D eigenvalue weighted by molar-refractivity contribution is 6.18. The van der Waals surface area contributed by atoms with Crippen LogP contribution in [0, 0.1) is 29.1 Å². The first-order valence-electron chi connectivity index (χ1n) is 8.50. The highest BCUT2D eigenvalue weighted by atomic mass is 16.1. The van der Waals surface area contributed by atoms with Crippen LogP contribution in [0.2, 0.25) is 0 Å². The van der Waals surface area contributed by atoms with Crippen molar-refractivity contribution >= 4 is 17.9 Å². The van der Waals surface area contributed by atoms with Gasteiger partial charge in [-0.25, -0.2) is 4.98 Å². The monoisotopic (exact) mass is 372 g/mol. The van der Waals surface area contributed by atoms with E-state index < -0.39 is 5.91 Å². The number of nitriles is 1. The number of aromatic nitrogens is 3. The summed E-state index contributed by atoms with van der Waals surface area (Å²) in [6.07, 6.45) is 4.16. The molecular weight excluding hydrogens is 356 g/mol. The molecule has 2 aromatic rings. The molecular formula is C20H16N6O2. The van der Waals surface area contributed by atoms with Crippen molar-refractivity contribution in [1.82, 2.24) is 25.8 Å². The number of hydrogen-bond donors (Lipinski definition) is 2. The first-order valence-corrected chi connectivity index (χ1v) is 8.50. The molecule has 2 unspecified atom stereocenters. The lowest BCUT2D eigenvalue weighted by atomic mass is 10.0. The van der Waals surface area contributed by atoms with Crippen LogP contribution in [-0.2, 0) is 9.59 Å². The molecule has 8 nitrogen and oxygen atoms in total. The van der Waals surface area contributed by atoms with Gasteiger partial charge in [-0.1, -0.05) is 12.0 Å². The Morgan fingerprint density at radius 3 is 2.89 bits per heavy atom. The summed E-state index contributed by atoms with van der Waals surface area (Å²) in [5, 5.41) is 22.1. The van der Waals surface area contributed by atoms with E-state index in [4.69, 9.17) is 0 Å². The van der Waals surface area contributed by atoms with Crippen molar-refractivity contribution in [3.63, 3.8) is 0 Å². The molecule has 1 aliphatic carbocycles. The Morgan fingerprint density at radius 1 is 1.36 bits per heavy atom. The van der Waals surface area contributed by atoms with Crippen LogP contribution in [-0.4, -0.2) is 34.5 Å². The summed E-state index contributed by atoms with van der Waals surface area (Å²) < 4.78 is 0. The van der Waals surface area contributed by atoms with Crippen LogP contribution < -0.4 is 10.6 Å². The van der Waals surface area contributed by atoms with E-state index in [0.717, 1.165) is 6.42 Å². The van der Waals surface area contributed by atoms with Crippen molar-refractivity contribution in [2.45, 2.75) is 12.3 Å². The summed E-state index contributed by atoms with van der Waals surface area (Å²) in [6, 6.07) is 9.22. The molecule has 0 bridgehead atoms. The lowest BCUT2D eigenvalue weighted by Gasteiger charge is -2.08. The minimum Gasteiger partial charge on any atom is -0.355 e. The average molecular weight is 372 g/mol. The Hall–Kier alpha value is -4.04. The fraction of sp³-hybridized carbons (Fsp3) is 0.200. The number of carbonyl (C=O) groups is 2. The fourth-order valence-electron chi connectivity index (χ4n) is 2.72. The highest BCUT2D eigenvalue weighted by Gasteiger charge is 2.39. The summed E-state index contributed by atoms with van der Waals surface area (Å²) in [7, 11) is 1.47. The maximum Gasteiger partial charge on any atom is 0.254 e. The van der Waals surface area contributed by atoms with E-state index in [1.807, 2.05) is 24.3 Å². The normalized spacial score (nSPS) is 17.5. The molecule has 2 amide bonds. The maximum absolute atomic E-state index is 12.1. The Balaban J connectivity index is 1.89. The van der Waals surface area contributed by atoms with E-state index in [9.17, 15) is 14.9 Å². The third-order valence-electron chi connectivity index (χ3n) is 4.21. The molecule has 1 aliphatic rings. The smallest absolute Gasteiger partial charge is 0.254 e. The third-order valence-corrected chi connectivity index (χ3v) is 4.21.